The summed E-state index contributed by atoms with van der Waals surface area (Å²) in [4.78, 5) is 0. The number of nitrogens with zero attached hydrogens (tertiary/aromatic N) is 1. The number of oxime groups is 1. The Balaban J connectivity index is 2.11. The molecule has 0 aromatic heterocycles. The predicted molar refractivity (Wildman–Crippen MR) is 69.6 cm³/mol. The fourth-order valence-electron chi connectivity index (χ4n) is 1.66. The minimum atomic E-state index is -0.658. The fourth-order valence-corrected chi connectivity index (χ4v) is 1.66. The Kier molecular flexibility index (Phi) is 4.14. The van der Waals surface area contributed by atoms with Crippen LogP contribution in [-0.2, 0) is 6.61 Å². The van der Waals surface area contributed by atoms with E-state index in [1.54, 1.807) is 24.3 Å². The van der Waals surface area contributed by atoms with Gasteiger partial charge in [-0.25, -0.2) is 8.78 Å². The van der Waals surface area contributed by atoms with Gasteiger partial charge in [-0.3, -0.25) is 0 Å². The number of hydrogen-bond donors (Lipinski definition) is 2. The Morgan fingerprint density at radius 1 is 1.15 bits per heavy atom. The standard InChI is InChI=1S/C14H12F2N2O2/c15-11-4-9(5-12(16)7-11)8-20-13-3-1-2-10(6-13)14(17)18-19/h1-7,19H,8H2,(H2,17,18). The number of halogens is 2. The first-order chi connectivity index (χ1) is 9.58. The third-order valence-corrected chi connectivity index (χ3v) is 2.57. The molecule has 0 spiro atoms. The van der Waals surface area contributed by atoms with Crippen LogP contribution in [0.3, 0.4) is 0 Å². The van der Waals surface area contributed by atoms with Crippen LogP contribution in [0.25, 0.3) is 0 Å². The first kappa shape index (κ1) is 13.8. The summed E-state index contributed by atoms with van der Waals surface area (Å²) in [6, 6.07) is 9.70. The Morgan fingerprint density at radius 3 is 2.50 bits per heavy atom. The van der Waals surface area contributed by atoms with Crippen molar-refractivity contribution < 1.29 is 18.7 Å². The molecule has 0 aliphatic heterocycles. The summed E-state index contributed by atoms with van der Waals surface area (Å²) in [5.41, 5.74) is 6.31. The average Bonchev–Trinajstić information content (AvgIpc) is 2.43. The molecule has 2 rings (SSSR count). The minimum absolute atomic E-state index is 0.00824. The largest absolute Gasteiger partial charge is 0.489 e. The summed E-state index contributed by atoms with van der Waals surface area (Å²) in [6.07, 6.45) is 0. The van der Waals surface area contributed by atoms with E-state index < -0.39 is 11.6 Å². The smallest absolute Gasteiger partial charge is 0.170 e. The molecule has 0 atom stereocenters. The van der Waals surface area contributed by atoms with Crippen LogP contribution in [0.4, 0.5) is 8.78 Å². The van der Waals surface area contributed by atoms with E-state index in [-0.39, 0.29) is 12.4 Å². The number of nitrogens with two attached hydrogens (primary N) is 1. The molecule has 0 saturated carbocycles. The summed E-state index contributed by atoms with van der Waals surface area (Å²) >= 11 is 0. The third-order valence-electron chi connectivity index (χ3n) is 2.57. The van der Waals surface area contributed by atoms with Crippen molar-refractivity contribution in [1.82, 2.24) is 0 Å². The molecule has 0 heterocycles. The van der Waals surface area contributed by atoms with Crippen molar-refractivity contribution in [2.75, 3.05) is 0 Å². The first-order valence-electron chi connectivity index (χ1n) is 5.74. The molecular formula is C14H12F2N2O2. The Morgan fingerprint density at radius 2 is 1.85 bits per heavy atom. The van der Waals surface area contributed by atoms with E-state index >= 15 is 0 Å². The van der Waals surface area contributed by atoms with E-state index in [2.05, 4.69) is 5.16 Å². The molecule has 0 radical (unpaired) electrons. The maximum Gasteiger partial charge on any atom is 0.170 e. The molecular weight excluding hydrogens is 266 g/mol. The van der Waals surface area contributed by atoms with Gasteiger partial charge in [-0.15, -0.1) is 0 Å². The molecule has 0 unspecified atom stereocenters. The van der Waals surface area contributed by atoms with Crippen molar-refractivity contribution in [3.05, 3.63) is 65.2 Å². The van der Waals surface area contributed by atoms with Crippen molar-refractivity contribution in [1.29, 1.82) is 0 Å². The second kappa shape index (κ2) is 6.01. The summed E-state index contributed by atoms with van der Waals surface area (Å²) in [7, 11) is 0. The lowest BCUT2D eigenvalue weighted by atomic mass is 10.2. The zero-order valence-electron chi connectivity index (χ0n) is 10.4. The molecule has 2 aromatic rings. The number of benzene rings is 2. The number of amidine groups is 1. The highest BCUT2D eigenvalue weighted by Gasteiger charge is 2.04. The third kappa shape index (κ3) is 3.44. The van der Waals surface area contributed by atoms with E-state index in [0.717, 1.165) is 6.07 Å². The molecule has 2 aromatic carbocycles. The number of rotatable bonds is 4. The quantitative estimate of drug-likeness (QED) is 0.391. The minimum Gasteiger partial charge on any atom is -0.489 e. The van der Waals surface area contributed by atoms with Crippen LogP contribution in [0.2, 0.25) is 0 Å². The summed E-state index contributed by atoms with van der Waals surface area (Å²) in [6.45, 7) is 0.00824. The molecule has 0 saturated heterocycles. The monoisotopic (exact) mass is 278 g/mol. The lowest BCUT2D eigenvalue weighted by Gasteiger charge is -2.08. The van der Waals surface area contributed by atoms with Crippen LogP contribution in [0, 0.1) is 11.6 Å². The van der Waals surface area contributed by atoms with Gasteiger partial charge in [0.25, 0.3) is 0 Å². The van der Waals surface area contributed by atoms with E-state index in [1.165, 1.54) is 12.1 Å². The van der Waals surface area contributed by atoms with Gasteiger partial charge in [-0.05, 0) is 29.8 Å². The number of hydrogen-bond acceptors (Lipinski definition) is 3. The van der Waals surface area contributed by atoms with Crippen molar-refractivity contribution in [2.45, 2.75) is 6.61 Å². The van der Waals surface area contributed by atoms with Crippen molar-refractivity contribution >= 4 is 5.84 Å². The van der Waals surface area contributed by atoms with E-state index in [0.29, 0.717) is 16.9 Å². The van der Waals surface area contributed by atoms with Gasteiger partial charge in [0.15, 0.2) is 5.84 Å². The lowest BCUT2D eigenvalue weighted by molar-refractivity contribution is 0.304. The van der Waals surface area contributed by atoms with Crippen LogP contribution >= 0.6 is 0 Å². The predicted octanol–water partition coefficient (Wildman–Crippen LogP) is 2.64. The SMILES string of the molecule is N/C(=N/O)c1cccc(OCc2cc(F)cc(F)c2)c1. The van der Waals surface area contributed by atoms with Crippen molar-refractivity contribution in [3.8, 4) is 5.75 Å². The molecule has 0 aliphatic rings. The van der Waals surface area contributed by atoms with Gasteiger partial charge in [-0.1, -0.05) is 17.3 Å². The Hall–Kier alpha value is -2.63. The molecule has 6 heteroatoms. The second-order valence-electron chi connectivity index (χ2n) is 4.08. The van der Waals surface area contributed by atoms with Crippen LogP contribution in [-0.4, -0.2) is 11.0 Å². The molecule has 0 fully saturated rings. The van der Waals surface area contributed by atoms with E-state index in [1.807, 2.05) is 0 Å². The molecule has 20 heavy (non-hydrogen) atoms. The molecule has 0 aliphatic carbocycles. The molecule has 0 amide bonds. The zero-order valence-corrected chi connectivity index (χ0v) is 10.4. The van der Waals surface area contributed by atoms with E-state index in [4.69, 9.17) is 15.7 Å². The van der Waals surface area contributed by atoms with Gasteiger partial charge >= 0.3 is 0 Å². The summed E-state index contributed by atoms with van der Waals surface area (Å²) in [5.74, 6) is -0.922. The van der Waals surface area contributed by atoms with Gasteiger partial charge in [0, 0.05) is 11.6 Å². The highest BCUT2D eigenvalue weighted by atomic mass is 19.1. The Bertz CT molecular complexity index is 625. The van der Waals surface area contributed by atoms with Crippen molar-refractivity contribution in [3.63, 3.8) is 0 Å². The van der Waals surface area contributed by atoms with Crippen LogP contribution in [0.5, 0.6) is 5.75 Å². The molecule has 4 nitrogen and oxygen atoms in total. The summed E-state index contributed by atoms with van der Waals surface area (Å²) < 4.78 is 31.4. The van der Waals surface area contributed by atoms with Gasteiger partial charge in [-0.2, -0.15) is 0 Å². The first-order valence-corrected chi connectivity index (χ1v) is 5.74. The molecule has 0 bridgehead atoms. The van der Waals surface area contributed by atoms with Gasteiger partial charge in [0.2, 0.25) is 0 Å². The van der Waals surface area contributed by atoms with Crippen molar-refractivity contribution in [2.24, 2.45) is 10.9 Å². The lowest BCUT2D eigenvalue weighted by Crippen LogP contribution is -2.12. The normalized spacial score (nSPS) is 11.4. The zero-order chi connectivity index (χ0) is 14.5. The summed E-state index contributed by atoms with van der Waals surface area (Å²) in [5, 5.41) is 11.5. The topological polar surface area (TPSA) is 67.8 Å². The highest BCUT2D eigenvalue weighted by molar-refractivity contribution is 5.97. The average molecular weight is 278 g/mol. The maximum absolute atomic E-state index is 13.0. The van der Waals surface area contributed by atoms with Gasteiger partial charge in [0.05, 0.1) is 0 Å². The molecule has 104 valence electrons. The van der Waals surface area contributed by atoms with Crippen LogP contribution in [0.15, 0.2) is 47.6 Å². The molecule has 3 N–H and O–H groups in total. The second-order valence-corrected chi connectivity index (χ2v) is 4.08. The van der Waals surface area contributed by atoms with Gasteiger partial charge < -0.3 is 15.7 Å². The Labute approximate surface area is 114 Å². The van der Waals surface area contributed by atoms with Crippen LogP contribution in [0.1, 0.15) is 11.1 Å². The maximum atomic E-state index is 13.0. The fraction of sp³-hybridized carbons (Fsp3) is 0.0714. The van der Waals surface area contributed by atoms with E-state index in [9.17, 15) is 8.78 Å². The van der Waals surface area contributed by atoms with Gasteiger partial charge in [0.1, 0.15) is 24.0 Å². The highest BCUT2D eigenvalue weighted by Crippen LogP contribution is 2.16. The van der Waals surface area contributed by atoms with Crippen LogP contribution < -0.4 is 10.5 Å². The number of ether oxygens (including phenoxy) is 1.